The number of ether oxygens (including phenoxy) is 1. The summed E-state index contributed by atoms with van der Waals surface area (Å²) in [6, 6.07) is 13.1. The van der Waals surface area contributed by atoms with Gasteiger partial charge in [-0.2, -0.15) is 0 Å². The third-order valence-electron chi connectivity index (χ3n) is 2.85. The van der Waals surface area contributed by atoms with Crippen LogP contribution in [0.3, 0.4) is 0 Å². The van der Waals surface area contributed by atoms with Crippen molar-refractivity contribution in [2.24, 2.45) is 0 Å². The maximum absolute atomic E-state index is 5.24. The van der Waals surface area contributed by atoms with Crippen LogP contribution in [-0.4, -0.2) is 25.5 Å². The third kappa shape index (κ3) is 3.38. The molecular weight excluding hydrogens is 315 g/mol. The Morgan fingerprint density at radius 2 is 1.59 bits per heavy atom. The molecule has 0 fully saturated rings. The zero-order valence-corrected chi connectivity index (χ0v) is 13.9. The molecule has 0 heterocycles. The van der Waals surface area contributed by atoms with Gasteiger partial charge in [-0.25, -0.2) is 0 Å². The molecule has 0 aliphatic heterocycles. The molecule has 0 unspecified atom stereocenters. The first-order valence-electron chi connectivity index (χ1n) is 6.05. The summed E-state index contributed by atoms with van der Waals surface area (Å²) >= 11 is -1.72. The molecule has 0 spiro atoms. The predicted octanol–water partition coefficient (Wildman–Crippen LogP) is 4.27. The van der Waals surface area contributed by atoms with E-state index < -0.39 is 18.4 Å². The number of methoxy groups -OCH3 is 1. The number of hydrogen-bond acceptors (Lipinski definition) is 1. The van der Waals surface area contributed by atoms with Crippen molar-refractivity contribution in [1.29, 1.82) is 0 Å². The molecule has 0 bridgehead atoms. The molecule has 2 heteroatoms. The summed E-state index contributed by atoms with van der Waals surface area (Å²) in [5.41, 5.74) is 1.49. The van der Waals surface area contributed by atoms with Gasteiger partial charge in [0, 0.05) is 0 Å². The Labute approximate surface area is 108 Å². The molecule has 17 heavy (non-hydrogen) atoms. The van der Waals surface area contributed by atoms with Gasteiger partial charge in [-0.3, -0.25) is 0 Å². The Hall–Kier alpha value is -0.701. The normalized spacial score (nSPS) is 11.8. The van der Waals surface area contributed by atoms with Crippen molar-refractivity contribution in [3.63, 3.8) is 0 Å². The SMILES string of the molecule is COc1ccc2cc([CH2][Sn]([CH3])([CH3])[CH3])ccc2c1. The van der Waals surface area contributed by atoms with Crippen LogP contribution in [-0.2, 0) is 4.44 Å². The van der Waals surface area contributed by atoms with Crippen molar-refractivity contribution in [1.82, 2.24) is 0 Å². The van der Waals surface area contributed by atoms with Gasteiger partial charge in [-0.1, -0.05) is 0 Å². The summed E-state index contributed by atoms with van der Waals surface area (Å²) in [5.74, 6) is 0.931. The fraction of sp³-hybridized carbons (Fsp3) is 0.333. The summed E-state index contributed by atoms with van der Waals surface area (Å²) in [4.78, 5) is 7.44. The molecule has 2 aromatic rings. The topological polar surface area (TPSA) is 9.23 Å². The van der Waals surface area contributed by atoms with E-state index in [-0.39, 0.29) is 0 Å². The van der Waals surface area contributed by atoms with E-state index in [0.29, 0.717) is 0 Å². The van der Waals surface area contributed by atoms with Gasteiger partial charge in [0.2, 0.25) is 0 Å². The molecule has 90 valence electrons. The van der Waals surface area contributed by atoms with Crippen molar-refractivity contribution < 1.29 is 4.74 Å². The van der Waals surface area contributed by atoms with Crippen LogP contribution in [0.5, 0.6) is 5.75 Å². The first-order chi connectivity index (χ1) is 7.98. The van der Waals surface area contributed by atoms with Crippen molar-refractivity contribution >= 4 is 29.1 Å². The third-order valence-corrected chi connectivity index (χ3v) is 7.04. The van der Waals surface area contributed by atoms with Gasteiger partial charge >= 0.3 is 108 Å². The van der Waals surface area contributed by atoms with Gasteiger partial charge in [0.15, 0.2) is 0 Å². The summed E-state index contributed by atoms with van der Waals surface area (Å²) in [6.07, 6.45) is 0. The van der Waals surface area contributed by atoms with Crippen LogP contribution < -0.4 is 4.74 Å². The summed E-state index contributed by atoms with van der Waals surface area (Å²) < 4.78 is 6.56. The zero-order chi connectivity index (χ0) is 12.5. The second-order valence-electron chi connectivity index (χ2n) is 5.78. The van der Waals surface area contributed by atoms with Crippen LogP contribution in [0, 0.1) is 0 Å². The standard InChI is InChI=1S/C12H11O.3CH3.Sn/c1-9-3-4-11-8-12(13-2)6-5-10(11)7-9;;;;/h3-8H,1H2,2H3;3*1H3;. The van der Waals surface area contributed by atoms with Gasteiger partial charge in [-0.05, 0) is 0 Å². The number of rotatable bonds is 3. The van der Waals surface area contributed by atoms with Crippen LogP contribution in [0.1, 0.15) is 5.56 Å². The van der Waals surface area contributed by atoms with Gasteiger partial charge in [-0.15, -0.1) is 0 Å². The molecule has 0 aliphatic rings. The molecule has 0 aromatic heterocycles. The van der Waals surface area contributed by atoms with E-state index in [1.807, 2.05) is 6.07 Å². The van der Waals surface area contributed by atoms with E-state index >= 15 is 0 Å². The fourth-order valence-corrected chi connectivity index (χ4v) is 6.25. The van der Waals surface area contributed by atoms with E-state index in [0.717, 1.165) is 5.75 Å². The average Bonchev–Trinajstić information content (AvgIpc) is 2.26. The van der Waals surface area contributed by atoms with Crippen molar-refractivity contribution in [2.45, 2.75) is 19.3 Å². The summed E-state index contributed by atoms with van der Waals surface area (Å²) in [6.45, 7) is 0. The van der Waals surface area contributed by atoms with Gasteiger partial charge in [0.1, 0.15) is 0 Å². The molecule has 0 atom stereocenters. The second-order valence-corrected chi connectivity index (χ2v) is 21.4. The number of benzene rings is 2. The maximum atomic E-state index is 5.24. The average molecular weight is 335 g/mol. The molecular formula is C15H20OSn. The Morgan fingerprint density at radius 3 is 2.24 bits per heavy atom. The quantitative estimate of drug-likeness (QED) is 0.762. The molecule has 0 aliphatic carbocycles. The molecule has 0 N–H and O–H groups in total. The van der Waals surface area contributed by atoms with Crippen LogP contribution in [0.25, 0.3) is 10.8 Å². The van der Waals surface area contributed by atoms with E-state index in [4.69, 9.17) is 4.74 Å². The molecule has 0 amide bonds. The van der Waals surface area contributed by atoms with Crippen LogP contribution in [0.15, 0.2) is 36.4 Å². The predicted molar refractivity (Wildman–Crippen MR) is 77.6 cm³/mol. The molecule has 0 radical (unpaired) electrons. The first kappa shape index (κ1) is 12.7. The monoisotopic (exact) mass is 336 g/mol. The van der Waals surface area contributed by atoms with E-state index in [9.17, 15) is 0 Å². The van der Waals surface area contributed by atoms with Crippen LogP contribution in [0.4, 0.5) is 0 Å². The summed E-state index contributed by atoms with van der Waals surface area (Å²) in [7, 11) is 1.71. The van der Waals surface area contributed by atoms with Gasteiger partial charge < -0.3 is 0 Å². The summed E-state index contributed by atoms with van der Waals surface area (Å²) in [5, 5.41) is 2.58. The minimum atomic E-state index is -1.72. The Bertz CT molecular complexity index is 526. The van der Waals surface area contributed by atoms with E-state index in [2.05, 4.69) is 45.2 Å². The van der Waals surface area contributed by atoms with Gasteiger partial charge in [0.25, 0.3) is 0 Å². The van der Waals surface area contributed by atoms with Crippen molar-refractivity contribution in [3.8, 4) is 5.75 Å². The Balaban J connectivity index is 2.38. The van der Waals surface area contributed by atoms with E-state index in [1.165, 1.54) is 20.8 Å². The van der Waals surface area contributed by atoms with Crippen LogP contribution >= 0.6 is 0 Å². The fourth-order valence-electron chi connectivity index (χ4n) is 2.12. The first-order valence-corrected chi connectivity index (χ1v) is 16.6. The molecule has 2 aromatic carbocycles. The van der Waals surface area contributed by atoms with Gasteiger partial charge in [0.05, 0.1) is 0 Å². The Kier molecular flexibility index (Phi) is 3.66. The molecule has 1 nitrogen and oxygen atoms in total. The molecule has 2 rings (SSSR count). The van der Waals surface area contributed by atoms with Crippen molar-refractivity contribution in [3.05, 3.63) is 42.0 Å². The van der Waals surface area contributed by atoms with Crippen LogP contribution in [0.2, 0.25) is 14.8 Å². The zero-order valence-electron chi connectivity index (χ0n) is 11.1. The molecule has 0 saturated heterocycles. The number of hydrogen-bond donors (Lipinski definition) is 0. The second kappa shape index (κ2) is 4.89. The number of fused-ring (bicyclic) bond motifs is 1. The van der Waals surface area contributed by atoms with E-state index in [1.54, 1.807) is 7.11 Å². The van der Waals surface area contributed by atoms with Crippen molar-refractivity contribution in [2.75, 3.05) is 7.11 Å². The minimum absolute atomic E-state index is 0.931. The molecule has 0 saturated carbocycles. The Morgan fingerprint density at radius 1 is 0.941 bits per heavy atom.